The molecule has 118 valence electrons. The maximum atomic E-state index is 4.80. The summed E-state index contributed by atoms with van der Waals surface area (Å²) in [6, 6.07) is 0.741. The van der Waals surface area contributed by atoms with Gasteiger partial charge in [0.05, 0.1) is 10.7 Å². The average Bonchev–Trinajstić information content (AvgIpc) is 3.15. The van der Waals surface area contributed by atoms with Gasteiger partial charge in [-0.25, -0.2) is 4.98 Å². The average molecular weight is 308 g/mol. The van der Waals surface area contributed by atoms with E-state index in [0.29, 0.717) is 0 Å². The topological polar surface area (TPSA) is 28.2 Å². The molecule has 1 aromatic heterocycles. The van der Waals surface area contributed by atoms with E-state index >= 15 is 0 Å². The van der Waals surface area contributed by atoms with Gasteiger partial charge in [0.15, 0.2) is 0 Å². The molecular weight excluding hydrogens is 278 g/mol. The first-order chi connectivity index (χ1) is 10.3. The number of rotatable bonds is 6. The number of piperidine rings is 1. The van der Waals surface area contributed by atoms with Gasteiger partial charge in [-0.05, 0) is 38.1 Å². The number of aromatic nitrogens is 1. The molecule has 0 amide bonds. The molecule has 3 rings (SSSR count). The van der Waals surface area contributed by atoms with Gasteiger partial charge in [-0.1, -0.05) is 19.8 Å². The van der Waals surface area contributed by atoms with Crippen LogP contribution in [0.4, 0.5) is 0 Å². The summed E-state index contributed by atoms with van der Waals surface area (Å²) in [6.45, 7) is 7.09. The molecule has 1 N–H and O–H groups in total. The van der Waals surface area contributed by atoms with Crippen molar-refractivity contribution in [2.24, 2.45) is 5.92 Å². The van der Waals surface area contributed by atoms with E-state index in [-0.39, 0.29) is 0 Å². The zero-order valence-corrected chi connectivity index (χ0v) is 14.1. The van der Waals surface area contributed by atoms with Crippen LogP contribution in [0, 0.1) is 5.92 Å². The Morgan fingerprint density at radius 3 is 2.95 bits per heavy atom. The molecule has 0 radical (unpaired) electrons. The quantitative estimate of drug-likeness (QED) is 0.872. The lowest BCUT2D eigenvalue weighted by molar-refractivity contribution is 0.186. The predicted octanol–water partition coefficient (Wildman–Crippen LogP) is 3.45. The lowest BCUT2D eigenvalue weighted by atomic mass is 10.0. The van der Waals surface area contributed by atoms with E-state index in [1.54, 1.807) is 0 Å². The van der Waals surface area contributed by atoms with Crippen molar-refractivity contribution >= 4 is 11.3 Å². The molecule has 0 aromatic carbocycles. The molecule has 2 fully saturated rings. The van der Waals surface area contributed by atoms with E-state index < -0.39 is 0 Å². The number of nitrogens with zero attached hydrogens (tertiary/aromatic N) is 2. The van der Waals surface area contributed by atoms with Crippen LogP contribution in [0.3, 0.4) is 0 Å². The molecule has 1 aliphatic carbocycles. The molecule has 2 heterocycles. The third kappa shape index (κ3) is 4.76. The van der Waals surface area contributed by atoms with Crippen molar-refractivity contribution < 1.29 is 0 Å². The van der Waals surface area contributed by atoms with E-state index in [2.05, 4.69) is 22.5 Å². The predicted molar refractivity (Wildman–Crippen MR) is 89.8 cm³/mol. The number of thiazole rings is 1. The van der Waals surface area contributed by atoms with Crippen LogP contribution in [0.25, 0.3) is 0 Å². The first-order valence-electron chi connectivity index (χ1n) is 8.68. The summed E-state index contributed by atoms with van der Waals surface area (Å²) in [7, 11) is 0. The Hall–Kier alpha value is -0.450. The molecule has 2 aliphatic rings. The summed E-state index contributed by atoms with van der Waals surface area (Å²) in [5.41, 5.74) is 1.24. The zero-order chi connectivity index (χ0) is 14.5. The van der Waals surface area contributed by atoms with Crippen molar-refractivity contribution in [2.45, 2.75) is 64.5 Å². The van der Waals surface area contributed by atoms with Gasteiger partial charge in [0.2, 0.25) is 0 Å². The van der Waals surface area contributed by atoms with Crippen LogP contribution < -0.4 is 5.32 Å². The normalized spacial score (nSPS) is 24.7. The number of hydrogen-bond acceptors (Lipinski definition) is 4. The summed E-state index contributed by atoms with van der Waals surface area (Å²) in [5.74, 6) is 0.876. The highest BCUT2D eigenvalue weighted by Crippen LogP contribution is 2.19. The minimum atomic E-state index is 0.741. The standard InChI is InChI=1S/C17H29N3S/c1-14-5-4-9-20(12-14)10-8-17-19-16(13-21-17)11-18-15-6-2-3-7-15/h13-15,18H,2-12H2,1H3. The third-order valence-electron chi connectivity index (χ3n) is 4.91. The molecule has 1 atom stereocenters. The minimum Gasteiger partial charge on any atom is -0.308 e. The van der Waals surface area contributed by atoms with Gasteiger partial charge in [0.1, 0.15) is 0 Å². The Kier molecular flexibility index (Phi) is 5.67. The van der Waals surface area contributed by atoms with Crippen LogP contribution >= 0.6 is 11.3 Å². The van der Waals surface area contributed by atoms with Crippen molar-refractivity contribution in [1.82, 2.24) is 15.2 Å². The lowest BCUT2D eigenvalue weighted by Crippen LogP contribution is -2.35. The number of likely N-dealkylation sites (tertiary alicyclic amines) is 1. The molecule has 1 aromatic rings. The lowest BCUT2D eigenvalue weighted by Gasteiger charge is -2.30. The molecular formula is C17H29N3S. The summed E-state index contributed by atoms with van der Waals surface area (Å²) in [4.78, 5) is 7.42. The summed E-state index contributed by atoms with van der Waals surface area (Å²) >= 11 is 1.84. The number of nitrogens with one attached hydrogen (secondary N) is 1. The smallest absolute Gasteiger partial charge is 0.0941 e. The Balaban J connectivity index is 1.39. The Morgan fingerprint density at radius 1 is 1.29 bits per heavy atom. The second-order valence-electron chi connectivity index (χ2n) is 6.89. The van der Waals surface area contributed by atoms with Crippen molar-refractivity contribution in [2.75, 3.05) is 19.6 Å². The van der Waals surface area contributed by atoms with Crippen molar-refractivity contribution in [3.05, 3.63) is 16.1 Å². The molecule has 1 aliphatic heterocycles. The molecule has 0 spiro atoms. The minimum absolute atomic E-state index is 0.741. The molecule has 1 saturated heterocycles. The second kappa shape index (κ2) is 7.70. The van der Waals surface area contributed by atoms with Crippen LogP contribution in [-0.2, 0) is 13.0 Å². The van der Waals surface area contributed by atoms with E-state index in [1.165, 1.54) is 68.9 Å². The fourth-order valence-electron chi connectivity index (χ4n) is 3.67. The first kappa shape index (κ1) is 15.4. The van der Waals surface area contributed by atoms with Gasteiger partial charge >= 0.3 is 0 Å². The highest BCUT2D eigenvalue weighted by molar-refractivity contribution is 7.09. The highest BCUT2D eigenvalue weighted by atomic mass is 32.1. The largest absolute Gasteiger partial charge is 0.308 e. The summed E-state index contributed by atoms with van der Waals surface area (Å²) in [5, 5.41) is 7.22. The fraction of sp³-hybridized carbons (Fsp3) is 0.824. The summed E-state index contributed by atoms with van der Waals surface area (Å²) < 4.78 is 0. The maximum Gasteiger partial charge on any atom is 0.0941 e. The Morgan fingerprint density at radius 2 is 2.14 bits per heavy atom. The SMILES string of the molecule is CC1CCCN(CCc2nc(CNC3CCCC3)cs2)C1. The first-order valence-corrected chi connectivity index (χ1v) is 9.56. The highest BCUT2D eigenvalue weighted by Gasteiger charge is 2.17. The fourth-order valence-corrected chi connectivity index (χ4v) is 4.45. The molecule has 21 heavy (non-hydrogen) atoms. The van der Waals surface area contributed by atoms with Gasteiger partial charge in [0, 0.05) is 37.5 Å². The molecule has 1 saturated carbocycles. The maximum absolute atomic E-state index is 4.80. The molecule has 1 unspecified atom stereocenters. The van der Waals surface area contributed by atoms with Crippen molar-refractivity contribution in [3.8, 4) is 0 Å². The summed E-state index contributed by atoms with van der Waals surface area (Å²) in [6.07, 6.45) is 9.40. The second-order valence-corrected chi connectivity index (χ2v) is 7.84. The van der Waals surface area contributed by atoms with Crippen LogP contribution in [0.2, 0.25) is 0 Å². The number of hydrogen-bond donors (Lipinski definition) is 1. The van der Waals surface area contributed by atoms with Crippen LogP contribution in [0.1, 0.15) is 56.2 Å². The van der Waals surface area contributed by atoms with Crippen molar-refractivity contribution in [1.29, 1.82) is 0 Å². The van der Waals surface area contributed by atoms with Crippen molar-refractivity contribution in [3.63, 3.8) is 0 Å². The van der Waals surface area contributed by atoms with E-state index in [4.69, 9.17) is 4.98 Å². The molecule has 4 heteroatoms. The van der Waals surface area contributed by atoms with E-state index in [9.17, 15) is 0 Å². The van der Waals surface area contributed by atoms with E-state index in [0.717, 1.165) is 24.9 Å². The van der Waals surface area contributed by atoms with Crippen LogP contribution in [0.15, 0.2) is 5.38 Å². The Bertz CT molecular complexity index is 425. The molecule has 0 bridgehead atoms. The van der Waals surface area contributed by atoms with Gasteiger partial charge in [-0.15, -0.1) is 11.3 Å². The van der Waals surface area contributed by atoms with Crippen LogP contribution in [0.5, 0.6) is 0 Å². The van der Waals surface area contributed by atoms with Crippen LogP contribution in [-0.4, -0.2) is 35.6 Å². The zero-order valence-electron chi connectivity index (χ0n) is 13.3. The van der Waals surface area contributed by atoms with Gasteiger partial charge in [0.25, 0.3) is 0 Å². The van der Waals surface area contributed by atoms with E-state index in [1.807, 2.05) is 11.3 Å². The Labute approximate surface area is 133 Å². The van der Waals surface area contributed by atoms with Gasteiger partial charge in [-0.2, -0.15) is 0 Å². The monoisotopic (exact) mass is 307 g/mol. The van der Waals surface area contributed by atoms with Gasteiger partial charge < -0.3 is 10.2 Å². The third-order valence-corrected chi connectivity index (χ3v) is 5.87. The molecule has 3 nitrogen and oxygen atoms in total. The van der Waals surface area contributed by atoms with Gasteiger partial charge in [-0.3, -0.25) is 0 Å².